The molecular weight excluding hydrogens is 230 g/mol. The number of piperidine rings is 1. The summed E-state index contributed by atoms with van der Waals surface area (Å²) in [4.78, 5) is 11.3. The molecule has 1 saturated heterocycles. The first kappa shape index (κ1) is 14.3. The van der Waals surface area contributed by atoms with E-state index in [1.54, 1.807) is 6.92 Å². The van der Waals surface area contributed by atoms with Gasteiger partial charge in [-0.25, -0.2) is 0 Å². The minimum atomic E-state index is -1.40. The monoisotopic (exact) mass is 249 g/mol. The number of esters is 1. The normalized spacial score (nSPS) is 37.8. The van der Waals surface area contributed by atoms with Crippen LogP contribution in [0.5, 0.6) is 0 Å². The maximum absolute atomic E-state index is 11.3. The van der Waals surface area contributed by atoms with Crippen molar-refractivity contribution in [2.75, 3.05) is 13.2 Å². The van der Waals surface area contributed by atoms with Gasteiger partial charge in [-0.1, -0.05) is 0 Å². The Morgan fingerprint density at radius 3 is 2.29 bits per heavy atom. The second kappa shape index (κ2) is 6.27. The van der Waals surface area contributed by atoms with E-state index < -0.39 is 43.0 Å². The Morgan fingerprint density at radius 1 is 1.18 bits per heavy atom. The van der Waals surface area contributed by atoms with E-state index in [1.807, 2.05) is 0 Å². The van der Waals surface area contributed by atoms with Crippen LogP contribution >= 0.6 is 0 Å². The van der Waals surface area contributed by atoms with Gasteiger partial charge in [0, 0.05) is 6.04 Å². The molecule has 1 heterocycles. The number of hydrogen-bond acceptors (Lipinski definition) is 7. The molecule has 0 amide bonds. The van der Waals surface area contributed by atoms with Crippen LogP contribution in [0, 0.1) is 0 Å². The number of aliphatic hydroxyl groups excluding tert-OH is 4. The Balaban J connectivity index is 2.62. The van der Waals surface area contributed by atoms with Crippen LogP contribution in [0.25, 0.3) is 0 Å². The number of nitrogens with one attached hydrogen (secondary N) is 1. The maximum atomic E-state index is 11.3. The van der Waals surface area contributed by atoms with Gasteiger partial charge in [0.2, 0.25) is 0 Å². The third kappa shape index (κ3) is 3.36. The Kier molecular flexibility index (Phi) is 5.29. The van der Waals surface area contributed by atoms with E-state index in [0.29, 0.717) is 0 Å². The van der Waals surface area contributed by atoms with E-state index >= 15 is 0 Å². The van der Waals surface area contributed by atoms with Crippen LogP contribution in [0.3, 0.4) is 0 Å². The molecule has 7 heteroatoms. The van der Waals surface area contributed by atoms with Crippen molar-refractivity contribution in [2.45, 2.75) is 43.7 Å². The molecule has 0 spiro atoms. The van der Waals surface area contributed by atoms with Gasteiger partial charge in [0.1, 0.15) is 6.10 Å². The smallest absolute Gasteiger partial charge is 0.307 e. The van der Waals surface area contributed by atoms with Crippen LogP contribution in [-0.2, 0) is 9.53 Å². The van der Waals surface area contributed by atoms with E-state index in [0.717, 1.165) is 0 Å². The summed E-state index contributed by atoms with van der Waals surface area (Å²) in [5, 5.41) is 40.4. The lowest BCUT2D eigenvalue weighted by Crippen LogP contribution is -2.66. The molecule has 0 aromatic heterocycles. The molecule has 0 aromatic rings. The van der Waals surface area contributed by atoms with Gasteiger partial charge >= 0.3 is 5.97 Å². The molecule has 1 aliphatic rings. The predicted molar refractivity (Wildman–Crippen MR) is 57.1 cm³/mol. The third-order valence-corrected chi connectivity index (χ3v) is 2.84. The molecule has 1 rings (SSSR count). The van der Waals surface area contributed by atoms with Gasteiger partial charge in [-0.3, -0.25) is 4.79 Å². The Bertz CT molecular complexity index is 259. The molecule has 17 heavy (non-hydrogen) atoms. The first-order valence-corrected chi connectivity index (χ1v) is 5.58. The highest BCUT2D eigenvalue weighted by atomic mass is 16.5. The van der Waals surface area contributed by atoms with Crippen LogP contribution in [-0.4, -0.2) is 70.0 Å². The summed E-state index contributed by atoms with van der Waals surface area (Å²) in [6, 6.07) is -1.52. The van der Waals surface area contributed by atoms with Crippen LogP contribution in [0.15, 0.2) is 0 Å². The third-order valence-electron chi connectivity index (χ3n) is 2.84. The zero-order valence-electron chi connectivity index (χ0n) is 9.61. The summed E-state index contributed by atoms with van der Waals surface area (Å²) < 4.78 is 4.73. The average molecular weight is 249 g/mol. The molecule has 100 valence electrons. The van der Waals surface area contributed by atoms with Crippen molar-refractivity contribution in [1.82, 2.24) is 5.32 Å². The quantitative estimate of drug-likeness (QED) is 0.345. The Labute approximate surface area is 99.0 Å². The minimum absolute atomic E-state index is 0.130. The molecular formula is C10H19NO6. The highest BCUT2D eigenvalue weighted by molar-refractivity contribution is 5.70. The van der Waals surface area contributed by atoms with Crippen molar-refractivity contribution in [1.29, 1.82) is 0 Å². The van der Waals surface area contributed by atoms with Crippen molar-refractivity contribution in [3.05, 3.63) is 0 Å². The van der Waals surface area contributed by atoms with Gasteiger partial charge in [-0.2, -0.15) is 0 Å². The Morgan fingerprint density at radius 2 is 1.76 bits per heavy atom. The van der Waals surface area contributed by atoms with Crippen molar-refractivity contribution >= 4 is 5.97 Å². The van der Waals surface area contributed by atoms with Gasteiger partial charge < -0.3 is 30.5 Å². The zero-order chi connectivity index (χ0) is 13.0. The van der Waals surface area contributed by atoms with Gasteiger partial charge in [0.25, 0.3) is 0 Å². The van der Waals surface area contributed by atoms with Crippen molar-refractivity contribution in [2.24, 2.45) is 0 Å². The summed E-state index contributed by atoms with van der Waals surface area (Å²) in [7, 11) is 0. The standard InChI is InChI=1S/C10H19NO6/c1-2-17-7(13)3-5-8(14)10(16)9(15)6(4-12)11-5/h5-6,8-12,14-16H,2-4H2,1H3/t5-,6-,8+,9-,10-/m1/s1. The lowest BCUT2D eigenvalue weighted by molar-refractivity contribution is -0.150. The molecule has 0 bridgehead atoms. The molecule has 1 aliphatic heterocycles. The van der Waals surface area contributed by atoms with Crippen molar-refractivity contribution < 1.29 is 30.0 Å². The van der Waals surface area contributed by atoms with E-state index in [-0.39, 0.29) is 13.0 Å². The van der Waals surface area contributed by atoms with Crippen LogP contribution < -0.4 is 5.32 Å². The van der Waals surface area contributed by atoms with Crippen molar-refractivity contribution in [3.8, 4) is 0 Å². The first-order valence-electron chi connectivity index (χ1n) is 5.58. The fourth-order valence-electron chi connectivity index (χ4n) is 1.89. The van der Waals surface area contributed by atoms with Gasteiger partial charge in [0.15, 0.2) is 0 Å². The molecule has 1 fully saturated rings. The van der Waals surface area contributed by atoms with Gasteiger partial charge in [0.05, 0.1) is 37.9 Å². The average Bonchev–Trinajstić information content (AvgIpc) is 2.30. The van der Waals surface area contributed by atoms with Crippen LogP contribution in [0.4, 0.5) is 0 Å². The molecule has 0 aromatic carbocycles. The molecule has 5 atom stereocenters. The summed E-state index contributed by atoms with van der Waals surface area (Å²) in [5.41, 5.74) is 0. The number of hydrogen-bond donors (Lipinski definition) is 5. The molecule has 0 saturated carbocycles. The van der Waals surface area contributed by atoms with Crippen LogP contribution in [0.1, 0.15) is 13.3 Å². The van der Waals surface area contributed by atoms with E-state index in [2.05, 4.69) is 5.32 Å². The van der Waals surface area contributed by atoms with E-state index in [1.165, 1.54) is 0 Å². The molecule has 0 aliphatic carbocycles. The lowest BCUT2D eigenvalue weighted by Gasteiger charge is -2.40. The fourth-order valence-corrected chi connectivity index (χ4v) is 1.89. The number of carbonyl (C=O) groups excluding carboxylic acids is 1. The molecule has 0 unspecified atom stereocenters. The number of rotatable bonds is 4. The largest absolute Gasteiger partial charge is 0.466 e. The topological polar surface area (TPSA) is 119 Å². The van der Waals surface area contributed by atoms with Gasteiger partial charge in [-0.05, 0) is 6.92 Å². The summed E-state index contributed by atoms with van der Waals surface area (Å²) in [6.45, 7) is 1.50. The fraction of sp³-hybridized carbons (Fsp3) is 0.900. The summed E-state index contributed by atoms with van der Waals surface area (Å²) in [5.74, 6) is -0.510. The number of carbonyl (C=O) groups is 1. The summed E-state index contributed by atoms with van der Waals surface area (Å²) >= 11 is 0. The maximum Gasteiger partial charge on any atom is 0.307 e. The van der Waals surface area contributed by atoms with Gasteiger partial charge in [-0.15, -0.1) is 0 Å². The molecule has 7 nitrogen and oxygen atoms in total. The SMILES string of the molecule is CCOC(=O)C[C@H]1N[C@H](CO)[C@@H](O)[C@H](O)[C@H]1O. The molecule has 0 radical (unpaired) electrons. The summed E-state index contributed by atoms with van der Waals surface area (Å²) in [6.07, 6.45) is -4.08. The highest BCUT2D eigenvalue weighted by Gasteiger charge is 2.42. The van der Waals surface area contributed by atoms with Crippen molar-refractivity contribution in [3.63, 3.8) is 0 Å². The molecule has 5 N–H and O–H groups in total. The van der Waals surface area contributed by atoms with E-state index in [9.17, 15) is 20.1 Å². The Hall–Kier alpha value is -0.730. The zero-order valence-corrected chi connectivity index (χ0v) is 9.61. The minimum Gasteiger partial charge on any atom is -0.466 e. The first-order chi connectivity index (χ1) is 8.01. The predicted octanol–water partition coefficient (Wildman–Crippen LogP) is -2.64. The second-order valence-electron chi connectivity index (χ2n) is 4.04. The number of aliphatic hydroxyl groups is 4. The van der Waals surface area contributed by atoms with E-state index in [4.69, 9.17) is 9.84 Å². The number of ether oxygens (including phenoxy) is 1. The van der Waals surface area contributed by atoms with Crippen LogP contribution in [0.2, 0.25) is 0 Å². The second-order valence-corrected chi connectivity index (χ2v) is 4.04. The lowest BCUT2D eigenvalue weighted by atomic mass is 9.89. The highest BCUT2D eigenvalue weighted by Crippen LogP contribution is 2.17.